The third-order valence-electron chi connectivity index (χ3n) is 5.74. The Balaban J connectivity index is 1.69. The van der Waals surface area contributed by atoms with Crippen LogP contribution in [-0.4, -0.2) is 67.7 Å². The van der Waals surface area contributed by atoms with E-state index in [0.29, 0.717) is 12.6 Å². The van der Waals surface area contributed by atoms with Crippen LogP contribution in [-0.2, 0) is 15.1 Å². The number of ether oxygens (including phenoxy) is 1. The number of carbonyl (C=O) groups is 1. The van der Waals surface area contributed by atoms with E-state index >= 15 is 0 Å². The number of nitrogens with zero attached hydrogens (tertiary/aromatic N) is 2. The molecule has 5 heteroatoms. The van der Waals surface area contributed by atoms with Crippen LogP contribution in [0.1, 0.15) is 32.3 Å². The van der Waals surface area contributed by atoms with Crippen LogP contribution >= 0.6 is 0 Å². The molecule has 0 bridgehead atoms. The van der Waals surface area contributed by atoms with E-state index < -0.39 is 5.54 Å². The topological polar surface area (TPSA) is 44.8 Å². The van der Waals surface area contributed by atoms with Crippen molar-refractivity contribution in [2.45, 2.75) is 38.3 Å². The van der Waals surface area contributed by atoms with Crippen molar-refractivity contribution in [2.75, 3.05) is 45.9 Å². The number of carbonyl (C=O) groups excluding carboxylic acids is 1. The standard InChI is InChI=1S/C20H31N3O2/c1-17(22-12-14-25-15-13-22)16-21-19(24)20(2,23-10-6-7-11-23)18-8-4-3-5-9-18/h3-5,8-9,17H,6-7,10-16H2,1-2H3,(H,21,24). The first-order valence-electron chi connectivity index (χ1n) is 9.53. The molecule has 138 valence electrons. The highest BCUT2D eigenvalue weighted by molar-refractivity contribution is 5.87. The molecular formula is C20H31N3O2. The number of likely N-dealkylation sites (tertiary alicyclic amines) is 1. The van der Waals surface area contributed by atoms with Crippen molar-refractivity contribution in [1.29, 1.82) is 0 Å². The van der Waals surface area contributed by atoms with Crippen LogP contribution in [0.4, 0.5) is 0 Å². The third-order valence-corrected chi connectivity index (χ3v) is 5.74. The minimum absolute atomic E-state index is 0.112. The lowest BCUT2D eigenvalue weighted by Crippen LogP contribution is -2.56. The molecule has 2 saturated heterocycles. The van der Waals surface area contributed by atoms with E-state index in [9.17, 15) is 4.79 Å². The van der Waals surface area contributed by atoms with Crippen LogP contribution < -0.4 is 5.32 Å². The molecule has 2 heterocycles. The zero-order valence-electron chi connectivity index (χ0n) is 15.5. The molecule has 5 nitrogen and oxygen atoms in total. The lowest BCUT2D eigenvalue weighted by Gasteiger charge is -2.39. The largest absolute Gasteiger partial charge is 0.379 e. The van der Waals surface area contributed by atoms with E-state index in [4.69, 9.17) is 4.74 Å². The third kappa shape index (κ3) is 4.05. The van der Waals surface area contributed by atoms with Crippen molar-refractivity contribution < 1.29 is 9.53 Å². The van der Waals surface area contributed by atoms with Crippen molar-refractivity contribution in [3.8, 4) is 0 Å². The minimum Gasteiger partial charge on any atom is -0.379 e. The van der Waals surface area contributed by atoms with Crippen molar-refractivity contribution >= 4 is 5.91 Å². The Kier molecular flexibility index (Phi) is 6.10. The van der Waals surface area contributed by atoms with Gasteiger partial charge >= 0.3 is 0 Å². The maximum atomic E-state index is 13.2. The van der Waals surface area contributed by atoms with Crippen LogP contribution in [0.15, 0.2) is 30.3 Å². The summed E-state index contributed by atoms with van der Waals surface area (Å²) in [5.74, 6) is 0.112. The highest BCUT2D eigenvalue weighted by Crippen LogP contribution is 2.31. The molecular weight excluding hydrogens is 314 g/mol. The summed E-state index contributed by atoms with van der Waals surface area (Å²) in [5.41, 5.74) is 0.482. The first kappa shape index (κ1) is 18.4. The molecule has 1 aromatic rings. The minimum atomic E-state index is -0.595. The van der Waals surface area contributed by atoms with Crippen molar-refractivity contribution in [1.82, 2.24) is 15.1 Å². The summed E-state index contributed by atoms with van der Waals surface area (Å²) < 4.78 is 5.42. The zero-order chi connectivity index (χ0) is 17.7. The Bertz CT molecular complexity index is 553. The number of hydrogen-bond donors (Lipinski definition) is 1. The van der Waals surface area contributed by atoms with Gasteiger partial charge in [-0.15, -0.1) is 0 Å². The van der Waals surface area contributed by atoms with Crippen LogP contribution in [0.5, 0.6) is 0 Å². The monoisotopic (exact) mass is 345 g/mol. The fourth-order valence-electron chi connectivity index (χ4n) is 3.94. The van der Waals surface area contributed by atoms with Crippen molar-refractivity contribution in [2.24, 2.45) is 0 Å². The van der Waals surface area contributed by atoms with Gasteiger partial charge in [0.15, 0.2) is 0 Å². The highest BCUT2D eigenvalue weighted by atomic mass is 16.5. The number of morpholine rings is 1. The molecule has 1 amide bonds. The molecule has 1 N–H and O–H groups in total. The Labute approximate surface area is 151 Å². The predicted molar refractivity (Wildman–Crippen MR) is 99.5 cm³/mol. The Morgan fingerprint density at radius 3 is 2.44 bits per heavy atom. The number of nitrogens with one attached hydrogen (secondary N) is 1. The first-order valence-corrected chi connectivity index (χ1v) is 9.53. The van der Waals surface area contributed by atoms with Crippen LogP contribution in [0.3, 0.4) is 0 Å². The molecule has 0 spiro atoms. The molecule has 2 aliphatic rings. The Hall–Kier alpha value is -1.43. The van der Waals surface area contributed by atoms with E-state index in [1.807, 2.05) is 18.2 Å². The predicted octanol–water partition coefficient (Wildman–Crippen LogP) is 1.83. The molecule has 3 rings (SSSR count). The smallest absolute Gasteiger partial charge is 0.244 e. The van der Waals surface area contributed by atoms with E-state index in [-0.39, 0.29) is 5.91 Å². The summed E-state index contributed by atoms with van der Waals surface area (Å²) in [6.07, 6.45) is 2.33. The van der Waals surface area contributed by atoms with Gasteiger partial charge in [-0.1, -0.05) is 30.3 Å². The van der Waals surface area contributed by atoms with E-state index in [0.717, 1.165) is 45.0 Å². The second-order valence-electron chi connectivity index (χ2n) is 7.34. The normalized spacial score (nSPS) is 23.1. The fraction of sp³-hybridized carbons (Fsp3) is 0.650. The van der Waals surface area contributed by atoms with Gasteiger partial charge in [0.25, 0.3) is 0 Å². The number of rotatable bonds is 6. The van der Waals surface area contributed by atoms with Gasteiger partial charge in [0.05, 0.1) is 13.2 Å². The van der Waals surface area contributed by atoms with Crippen LogP contribution in [0, 0.1) is 0 Å². The van der Waals surface area contributed by atoms with Crippen molar-refractivity contribution in [3.05, 3.63) is 35.9 Å². The molecule has 2 atom stereocenters. The fourth-order valence-corrected chi connectivity index (χ4v) is 3.94. The van der Waals surface area contributed by atoms with Crippen LogP contribution in [0.2, 0.25) is 0 Å². The van der Waals surface area contributed by atoms with Crippen LogP contribution in [0.25, 0.3) is 0 Å². The molecule has 1 aromatic carbocycles. The summed E-state index contributed by atoms with van der Waals surface area (Å²) >= 11 is 0. The molecule has 2 aliphatic heterocycles. The quantitative estimate of drug-likeness (QED) is 0.854. The van der Waals surface area contributed by atoms with Crippen molar-refractivity contribution in [3.63, 3.8) is 0 Å². The summed E-state index contributed by atoms with van der Waals surface area (Å²) in [4.78, 5) is 18.0. The maximum Gasteiger partial charge on any atom is 0.244 e. The maximum absolute atomic E-state index is 13.2. The summed E-state index contributed by atoms with van der Waals surface area (Å²) in [5, 5.41) is 3.23. The lowest BCUT2D eigenvalue weighted by atomic mass is 9.89. The molecule has 0 radical (unpaired) electrons. The van der Waals surface area contributed by atoms with Gasteiger partial charge in [0, 0.05) is 25.7 Å². The van der Waals surface area contributed by atoms with Gasteiger partial charge in [0.2, 0.25) is 5.91 Å². The molecule has 0 saturated carbocycles. The number of hydrogen-bond acceptors (Lipinski definition) is 4. The van der Waals surface area contributed by atoms with Gasteiger partial charge < -0.3 is 10.1 Å². The summed E-state index contributed by atoms with van der Waals surface area (Å²) in [6, 6.07) is 10.5. The van der Waals surface area contributed by atoms with Gasteiger partial charge in [-0.3, -0.25) is 14.6 Å². The second kappa shape index (κ2) is 8.30. The highest BCUT2D eigenvalue weighted by Gasteiger charge is 2.42. The molecule has 25 heavy (non-hydrogen) atoms. The van der Waals surface area contributed by atoms with E-state index in [1.165, 1.54) is 12.8 Å². The summed E-state index contributed by atoms with van der Waals surface area (Å²) in [6.45, 7) is 10.4. The summed E-state index contributed by atoms with van der Waals surface area (Å²) in [7, 11) is 0. The van der Waals surface area contributed by atoms with Gasteiger partial charge in [-0.25, -0.2) is 0 Å². The first-order chi connectivity index (χ1) is 12.1. The molecule has 2 unspecified atom stereocenters. The second-order valence-corrected chi connectivity index (χ2v) is 7.34. The average Bonchev–Trinajstić information content (AvgIpc) is 3.21. The number of amides is 1. The van der Waals surface area contributed by atoms with E-state index in [2.05, 4.69) is 41.1 Å². The number of benzene rings is 1. The molecule has 0 aromatic heterocycles. The van der Waals surface area contributed by atoms with Gasteiger partial charge in [-0.2, -0.15) is 0 Å². The molecule has 0 aliphatic carbocycles. The Morgan fingerprint density at radius 1 is 1.16 bits per heavy atom. The lowest BCUT2D eigenvalue weighted by molar-refractivity contribution is -0.133. The zero-order valence-corrected chi connectivity index (χ0v) is 15.5. The average molecular weight is 345 g/mol. The Morgan fingerprint density at radius 2 is 1.80 bits per heavy atom. The SMILES string of the molecule is CC(CNC(=O)C(C)(c1ccccc1)N1CCCC1)N1CCOCC1. The molecule has 2 fully saturated rings. The van der Waals surface area contributed by atoms with E-state index in [1.54, 1.807) is 0 Å². The van der Waals surface area contributed by atoms with Gasteiger partial charge in [0.1, 0.15) is 5.54 Å². The van der Waals surface area contributed by atoms with Gasteiger partial charge in [-0.05, 0) is 45.3 Å².